The van der Waals surface area contributed by atoms with Gasteiger partial charge in [-0.15, -0.1) is 0 Å². The van der Waals surface area contributed by atoms with E-state index in [2.05, 4.69) is 20.8 Å². The van der Waals surface area contributed by atoms with Crippen LogP contribution in [-0.2, 0) is 4.79 Å². The topological polar surface area (TPSA) is 35.5 Å². The Balaban J connectivity index is 2.06. The van der Waals surface area contributed by atoms with Gasteiger partial charge in [0.15, 0.2) is 0 Å². The van der Waals surface area contributed by atoms with Crippen molar-refractivity contribution < 1.29 is 14.3 Å². The highest BCUT2D eigenvalue weighted by Crippen LogP contribution is 2.27. The number of ether oxygens (including phenoxy) is 2. The Kier molecular flexibility index (Phi) is 6.24. The first-order chi connectivity index (χ1) is 11.8. The fourth-order valence-electron chi connectivity index (χ4n) is 2.21. The van der Waals surface area contributed by atoms with Crippen LogP contribution in [0.25, 0.3) is 11.1 Å². The van der Waals surface area contributed by atoms with Crippen LogP contribution in [0.1, 0.15) is 47.5 Å². The molecule has 2 aromatic carbocycles. The van der Waals surface area contributed by atoms with E-state index in [0.29, 0.717) is 5.75 Å². The molecule has 0 aliphatic rings. The molecule has 2 rings (SSSR count). The number of hydrogen-bond acceptors (Lipinski definition) is 3. The zero-order valence-corrected chi connectivity index (χ0v) is 15.8. The van der Waals surface area contributed by atoms with Crippen LogP contribution in [0.3, 0.4) is 0 Å². The van der Waals surface area contributed by atoms with E-state index in [4.69, 9.17) is 9.47 Å². The normalized spacial score (nSPS) is 12.5. The highest BCUT2D eigenvalue weighted by atomic mass is 16.5. The number of hydrogen-bond donors (Lipinski definition) is 0. The number of carbonyl (C=O) groups excluding carboxylic acids is 1. The van der Waals surface area contributed by atoms with Gasteiger partial charge < -0.3 is 9.47 Å². The fraction of sp³-hybridized carbons (Fsp3) is 0.409. The number of rotatable bonds is 7. The van der Waals surface area contributed by atoms with Crippen molar-refractivity contribution in [1.29, 1.82) is 0 Å². The lowest BCUT2D eigenvalue weighted by atomic mass is 10.0. The molecule has 1 atom stereocenters. The summed E-state index contributed by atoms with van der Waals surface area (Å²) in [7, 11) is 0. The summed E-state index contributed by atoms with van der Waals surface area (Å²) in [6.07, 6.45) is 1.73. The zero-order chi connectivity index (χ0) is 18.4. The summed E-state index contributed by atoms with van der Waals surface area (Å²) in [4.78, 5) is 11.8. The third-order valence-electron chi connectivity index (χ3n) is 4.52. The average Bonchev–Trinajstić information content (AvgIpc) is 2.62. The minimum absolute atomic E-state index is 0.0837. The maximum Gasteiger partial charge on any atom is 0.314 e. The van der Waals surface area contributed by atoms with Crippen molar-refractivity contribution >= 4 is 5.97 Å². The van der Waals surface area contributed by atoms with Crippen LogP contribution < -0.4 is 9.47 Å². The predicted molar refractivity (Wildman–Crippen MR) is 102 cm³/mol. The maximum atomic E-state index is 11.8. The number of esters is 1. The van der Waals surface area contributed by atoms with Crippen molar-refractivity contribution in [3.8, 4) is 22.6 Å². The molecule has 1 unspecified atom stereocenters. The number of carbonyl (C=O) groups is 1. The molecule has 2 aromatic rings. The van der Waals surface area contributed by atoms with Crippen molar-refractivity contribution in [1.82, 2.24) is 0 Å². The third-order valence-corrected chi connectivity index (χ3v) is 4.52. The molecule has 0 spiro atoms. The summed E-state index contributed by atoms with van der Waals surface area (Å²) in [5.41, 5.74) is 2.01. The summed E-state index contributed by atoms with van der Waals surface area (Å²) in [6, 6.07) is 15.7. The highest BCUT2D eigenvalue weighted by Gasteiger charge is 2.16. The molecule has 0 aliphatic heterocycles. The van der Waals surface area contributed by atoms with E-state index >= 15 is 0 Å². The Hall–Kier alpha value is -2.29. The lowest BCUT2D eigenvalue weighted by molar-refractivity contribution is -0.138. The molecule has 3 heteroatoms. The van der Waals surface area contributed by atoms with E-state index in [9.17, 15) is 4.79 Å². The Morgan fingerprint density at radius 2 is 1.40 bits per heavy atom. The van der Waals surface area contributed by atoms with Crippen LogP contribution in [0.5, 0.6) is 11.5 Å². The Morgan fingerprint density at radius 1 is 0.920 bits per heavy atom. The predicted octanol–water partition coefficient (Wildman–Crippen LogP) is 5.87. The van der Waals surface area contributed by atoms with Crippen molar-refractivity contribution in [2.45, 2.75) is 53.1 Å². The van der Waals surface area contributed by atoms with Gasteiger partial charge in [0.2, 0.25) is 0 Å². The fourth-order valence-corrected chi connectivity index (χ4v) is 2.21. The minimum atomic E-state index is -0.185. The molecule has 0 N–H and O–H groups in total. The monoisotopic (exact) mass is 340 g/mol. The van der Waals surface area contributed by atoms with E-state index in [1.54, 1.807) is 0 Å². The third kappa shape index (κ3) is 5.35. The molecule has 0 saturated heterocycles. The van der Waals surface area contributed by atoms with Gasteiger partial charge in [-0.05, 0) is 62.1 Å². The molecule has 0 aliphatic carbocycles. The van der Waals surface area contributed by atoms with Gasteiger partial charge in [0.25, 0.3) is 0 Å². The molecular weight excluding hydrogens is 312 g/mol. The first-order valence-corrected chi connectivity index (χ1v) is 8.96. The Labute approximate surface area is 151 Å². The average molecular weight is 340 g/mol. The van der Waals surface area contributed by atoms with E-state index < -0.39 is 0 Å². The van der Waals surface area contributed by atoms with Gasteiger partial charge in [0.1, 0.15) is 17.1 Å². The summed E-state index contributed by atoms with van der Waals surface area (Å²) < 4.78 is 11.4. The van der Waals surface area contributed by atoms with Gasteiger partial charge in [-0.3, -0.25) is 4.79 Å². The van der Waals surface area contributed by atoms with Gasteiger partial charge in [-0.25, -0.2) is 0 Å². The molecule has 0 heterocycles. The molecule has 3 nitrogen and oxygen atoms in total. The van der Waals surface area contributed by atoms with Crippen molar-refractivity contribution in [2.75, 3.05) is 0 Å². The quantitative estimate of drug-likeness (QED) is 0.467. The van der Waals surface area contributed by atoms with E-state index in [0.717, 1.165) is 29.7 Å². The molecule has 0 aromatic heterocycles. The second kappa shape index (κ2) is 8.19. The van der Waals surface area contributed by atoms with Crippen molar-refractivity contribution in [2.24, 2.45) is 5.92 Å². The lowest BCUT2D eigenvalue weighted by Crippen LogP contribution is -2.26. The van der Waals surface area contributed by atoms with E-state index in [1.165, 1.54) is 0 Å². The summed E-state index contributed by atoms with van der Waals surface area (Å²) in [5.74, 6) is 1.18. The molecule has 25 heavy (non-hydrogen) atoms. The summed E-state index contributed by atoms with van der Waals surface area (Å²) in [6.45, 7) is 10.1. The van der Waals surface area contributed by atoms with Gasteiger partial charge >= 0.3 is 5.97 Å². The van der Waals surface area contributed by atoms with E-state index in [-0.39, 0.29) is 17.5 Å². The van der Waals surface area contributed by atoms with Crippen molar-refractivity contribution in [3.05, 3.63) is 48.5 Å². The second-order valence-corrected chi connectivity index (χ2v) is 6.99. The number of benzene rings is 2. The van der Waals surface area contributed by atoms with E-state index in [1.807, 2.05) is 62.4 Å². The van der Waals surface area contributed by atoms with Gasteiger partial charge in [0.05, 0.1) is 5.92 Å². The maximum absolute atomic E-state index is 11.8. The molecule has 0 radical (unpaired) electrons. The van der Waals surface area contributed by atoms with Crippen LogP contribution in [-0.4, -0.2) is 11.6 Å². The first-order valence-electron chi connectivity index (χ1n) is 8.96. The minimum Gasteiger partial charge on any atom is -0.488 e. The van der Waals surface area contributed by atoms with Crippen LogP contribution in [0.4, 0.5) is 0 Å². The molecule has 0 amide bonds. The van der Waals surface area contributed by atoms with Crippen molar-refractivity contribution in [3.63, 3.8) is 0 Å². The highest BCUT2D eigenvalue weighted by molar-refractivity contribution is 5.75. The van der Waals surface area contributed by atoms with Gasteiger partial charge in [0, 0.05) is 0 Å². The smallest absolute Gasteiger partial charge is 0.314 e. The lowest BCUT2D eigenvalue weighted by Gasteiger charge is -2.24. The largest absolute Gasteiger partial charge is 0.488 e. The SMILES string of the molecule is CCC(C)C(=O)Oc1ccc(-c2ccc(OC(C)(C)CC)cc2)cc1. The molecule has 0 fully saturated rings. The van der Waals surface area contributed by atoms with Crippen LogP contribution in [0, 0.1) is 5.92 Å². The first kappa shape index (κ1) is 19.0. The summed E-state index contributed by atoms with van der Waals surface area (Å²) >= 11 is 0. The van der Waals surface area contributed by atoms with Gasteiger partial charge in [-0.1, -0.05) is 45.0 Å². The Bertz CT molecular complexity index is 684. The van der Waals surface area contributed by atoms with Gasteiger partial charge in [-0.2, -0.15) is 0 Å². The van der Waals surface area contributed by atoms with Crippen LogP contribution >= 0.6 is 0 Å². The molecule has 134 valence electrons. The zero-order valence-electron chi connectivity index (χ0n) is 15.8. The molecule has 0 saturated carbocycles. The summed E-state index contributed by atoms with van der Waals surface area (Å²) in [5, 5.41) is 0. The standard InChI is InChI=1S/C22H28O3/c1-6-16(3)21(23)24-19-12-8-17(9-13-19)18-10-14-20(15-11-18)25-22(4,5)7-2/h8-16H,6-7H2,1-5H3. The van der Waals surface area contributed by atoms with Crippen LogP contribution in [0.15, 0.2) is 48.5 Å². The second-order valence-electron chi connectivity index (χ2n) is 6.99. The van der Waals surface area contributed by atoms with Crippen LogP contribution in [0.2, 0.25) is 0 Å². The molecule has 0 bridgehead atoms. The Morgan fingerprint density at radius 3 is 1.84 bits per heavy atom. The molecular formula is C22H28O3.